The van der Waals surface area contributed by atoms with Crippen molar-refractivity contribution in [3.05, 3.63) is 46.1 Å². The zero-order valence-corrected chi connectivity index (χ0v) is 18.0. The molecule has 0 aliphatic heterocycles. The number of nitrogens with one attached hydrogen (secondary N) is 1. The highest BCUT2D eigenvalue weighted by Crippen LogP contribution is 2.29. The number of aromatic nitrogens is 1. The third kappa shape index (κ3) is 4.41. The molecule has 0 aliphatic rings. The molecule has 0 saturated heterocycles. The van der Waals surface area contributed by atoms with Crippen molar-refractivity contribution < 1.29 is 17.9 Å². The van der Waals surface area contributed by atoms with E-state index in [9.17, 15) is 13.2 Å². The van der Waals surface area contributed by atoms with Gasteiger partial charge in [-0.1, -0.05) is 0 Å². The van der Waals surface area contributed by atoms with E-state index < -0.39 is 10.0 Å². The van der Waals surface area contributed by atoms with Crippen LogP contribution in [0.2, 0.25) is 0 Å². The summed E-state index contributed by atoms with van der Waals surface area (Å²) in [6.45, 7) is 0. The van der Waals surface area contributed by atoms with Gasteiger partial charge in [0, 0.05) is 36.1 Å². The predicted molar refractivity (Wildman–Crippen MR) is 112 cm³/mol. The molecule has 0 saturated carbocycles. The highest BCUT2D eigenvalue weighted by atomic mass is 32.2. The molecule has 148 valence electrons. The lowest BCUT2D eigenvalue weighted by Gasteiger charge is -2.15. The molecule has 1 amide bonds. The normalized spacial score (nSPS) is 11.6. The number of methoxy groups -OCH3 is 1. The second kappa shape index (κ2) is 8.39. The summed E-state index contributed by atoms with van der Waals surface area (Å²) in [7, 11) is 0.563. The minimum absolute atomic E-state index is 0.00815. The quantitative estimate of drug-likeness (QED) is 0.613. The number of ether oxygens (including phenoxy) is 1. The first kappa shape index (κ1) is 20.5. The van der Waals surface area contributed by atoms with E-state index >= 15 is 0 Å². The fourth-order valence-corrected chi connectivity index (χ4v) is 5.04. The molecule has 3 rings (SSSR count). The number of anilines is 1. The number of hydrogen-bond acceptors (Lipinski definition) is 7. The number of nitrogens with zero attached hydrogens (tertiary/aromatic N) is 2. The fourth-order valence-electron chi connectivity index (χ4n) is 2.43. The number of thiazole rings is 1. The van der Waals surface area contributed by atoms with Crippen LogP contribution in [-0.4, -0.2) is 44.8 Å². The van der Waals surface area contributed by atoms with E-state index in [0.717, 1.165) is 14.9 Å². The van der Waals surface area contributed by atoms with Crippen LogP contribution in [-0.2, 0) is 21.2 Å². The number of carbonyl (C=O) groups excluding carboxylic acids is 1. The predicted octanol–water partition coefficient (Wildman–Crippen LogP) is 3.31. The minimum atomic E-state index is -3.71. The van der Waals surface area contributed by atoms with Gasteiger partial charge < -0.3 is 10.1 Å². The van der Waals surface area contributed by atoms with Gasteiger partial charge >= 0.3 is 0 Å². The number of thiophene rings is 1. The van der Waals surface area contributed by atoms with Gasteiger partial charge in [0.1, 0.15) is 15.7 Å². The minimum Gasteiger partial charge on any atom is -0.495 e. The van der Waals surface area contributed by atoms with Crippen LogP contribution in [0, 0.1) is 0 Å². The zero-order chi connectivity index (χ0) is 20.3. The maximum atomic E-state index is 12.5. The van der Waals surface area contributed by atoms with Crippen LogP contribution in [0.5, 0.6) is 5.75 Å². The smallest absolute Gasteiger partial charge is 0.246 e. The van der Waals surface area contributed by atoms with Crippen LogP contribution in [0.1, 0.15) is 5.69 Å². The van der Waals surface area contributed by atoms with Gasteiger partial charge in [-0.2, -0.15) is 11.3 Å². The second-order valence-electron chi connectivity index (χ2n) is 6.03. The maximum Gasteiger partial charge on any atom is 0.246 e. The van der Waals surface area contributed by atoms with Crippen LogP contribution in [0.3, 0.4) is 0 Å². The number of rotatable bonds is 7. The molecule has 1 aromatic carbocycles. The summed E-state index contributed by atoms with van der Waals surface area (Å²) in [6, 6.07) is 6.49. The van der Waals surface area contributed by atoms with E-state index in [-0.39, 0.29) is 23.0 Å². The van der Waals surface area contributed by atoms with Crippen molar-refractivity contribution in [2.45, 2.75) is 11.3 Å². The fraction of sp³-hybridized carbons (Fsp3) is 0.222. The van der Waals surface area contributed by atoms with E-state index in [1.54, 1.807) is 17.4 Å². The van der Waals surface area contributed by atoms with Gasteiger partial charge in [-0.05, 0) is 29.6 Å². The Bertz CT molecular complexity index is 1070. The first-order valence-electron chi connectivity index (χ1n) is 8.18. The molecule has 0 radical (unpaired) electrons. The zero-order valence-electron chi connectivity index (χ0n) is 15.5. The SMILES string of the molecule is COc1ccc(NC(=O)Cc2csc(-c3ccsc3)n2)cc1S(=O)(=O)N(C)C. The monoisotopic (exact) mass is 437 g/mol. The third-order valence-corrected chi connectivity index (χ3v) is 7.33. The second-order valence-corrected chi connectivity index (χ2v) is 9.79. The first-order chi connectivity index (χ1) is 13.3. The Kier molecular flexibility index (Phi) is 6.14. The Morgan fingerprint density at radius 3 is 2.68 bits per heavy atom. The molecular weight excluding hydrogens is 418 g/mol. The van der Waals surface area contributed by atoms with Crippen LogP contribution in [0.4, 0.5) is 5.69 Å². The van der Waals surface area contributed by atoms with Crippen LogP contribution in [0.15, 0.2) is 45.3 Å². The lowest BCUT2D eigenvalue weighted by molar-refractivity contribution is -0.115. The molecule has 0 bridgehead atoms. The van der Waals surface area contributed by atoms with Crippen molar-refractivity contribution in [2.75, 3.05) is 26.5 Å². The number of benzene rings is 1. The number of sulfonamides is 1. The molecule has 1 N–H and O–H groups in total. The molecule has 7 nitrogen and oxygen atoms in total. The summed E-state index contributed by atoms with van der Waals surface area (Å²) in [5.74, 6) is -0.0628. The summed E-state index contributed by atoms with van der Waals surface area (Å²) in [5, 5.41) is 9.43. The van der Waals surface area contributed by atoms with Crippen LogP contribution < -0.4 is 10.1 Å². The van der Waals surface area contributed by atoms with Gasteiger partial charge in [0.25, 0.3) is 0 Å². The molecule has 3 aromatic rings. The molecule has 10 heteroatoms. The Hall–Kier alpha value is -2.27. The molecule has 2 heterocycles. The van der Waals surface area contributed by atoms with E-state index in [1.165, 1.54) is 44.7 Å². The van der Waals surface area contributed by atoms with Crippen molar-refractivity contribution >= 4 is 44.3 Å². The highest BCUT2D eigenvalue weighted by Gasteiger charge is 2.23. The van der Waals surface area contributed by atoms with E-state index in [1.807, 2.05) is 22.2 Å². The van der Waals surface area contributed by atoms with Crippen LogP contribution in [0.25, 0.3) is 10.6 Å². The number of hydrogen-bond donors (Lipinski definition) is 1. The molecule has 2 aromatic heterocycles. The van der Waals surface area contributed by atoms with Gasteiger partial charge in [0.15, 0.2) is 0 Å². The lowest BCUT2D eigenvalue weighted by Crippen LogP contribution is -2.23. The summed E-state index contributed by atoms with van der Waals surface area (Å²) in [6.07, 6.45) is 0.0996. The van der Waals surface area contributed by atoms with Gasteiger partial charge in [-0.3, -0.25) is 4.79 Å². The summed E-state index contributed by atoms with van der Waals surface area (Å²) >= 11 is 3.08. The molecule has 28 heavy (non-hydrogen) atoms. The largest absolute Gasteiger partial charge is 0.495 e. The topological polar surface area (TPSA) is 88.6 Å². The molecule has 0 aliphatic carbocycles. The van der Waals surface area contributed by atoms with Gasteiger partial charge in [-0.15, -0.1) is 11.3 Å². The molecule has 0 spiro atoms. The highest BCUT2D eigenvalue weighted by molar-refractivity contribution is 7.89. The Balaban J connectivity index is 1.76. The summed E-state index contributed by atoms with van der Waals surface area (Å²) in [4.78, 5) is 16.9. The third-order valence-electron chi connectivity index (χ3n) is 3.87. The van der Waals surface area contributed by atoms with Crippen molar-refractivity contribution in [1.82, 2.24) is 9.29 Å². The van der Waals surface area contributed by atoms with Crippen LogP contribution >= 0.6 is 22.7 Å². The Morgan fingerprint density at radius 1 is 1.25 bits per heavy atom. The number of carbonyl (C=O) groups is 1. The van der Waals surface area contributed by atoms with E-state index in [4.69, 9.17) is 4.74 Å². The van der Waals surface area contributed by atoms with Gasteiger partial charge in [-0.25, -0.2) is 17.7 Å². The standard InChI is InChI=1S/C18H19N3O4S3/c1-21(2)28(23,24)16-8-13(4-5-15(16)25-3)19-17(22)9-14-11-27-18(20-14)12-6-7-26-10-12/h4-8,10-11H,9H2,1-3H3,(H,19,22). The molecular formula is C18H19N3O4S3. The van der Waals surface area contributed by atoms with Crippen molar-refractivity contribution in [1.29, 1.82) is 0 Å². The van der Waals surface area contributed by atoms with E-state index in [0.29, 0.717) is 11.4 Å². The van der Waals surface area contributed by atoms with Crippen molar-refractivity contribution in [3.8, 4) is 16.3 Å². The molecule has 0 fully saturated rings. The van der Waals surface area contributed by atoms with Crippen molar-refractivity contribution in [3.63, 3.8) is 0 Å². The average molecular weight is 438 g/mol. The summed E-state index contributed by atoms with van der Waals surface area (Å²) in [5.41, 5.74) is 2.08. The first-order valence-corrected chi connectivity index (χ1v) is 11.4. The molecule has 0 atom stereocenters. The Morgan fingerprint density at radius 2 is 2.04 bits per heavy atom. The van der Waals surface area contributed by atoms with Crippen molar-refractivity contribution in [2.24, 2.45) is 0 Å². The maximum absolute atomic E-state index is 12.5. The Labute approximate surface area is 171 Å². The summed E-state index contributed by atoms with van der Waals surface area (Å²) < 4.78 is 31.2. The van der Waals surface area contributed by atoms with Gasteiger partial charge in [0.2, 0.25) is 15.9 Å². The number of amides is 1. The lowest BCUT2D eigenvalue weighted by atomic mass is 10.2. The van der Waals surface area contributed by atoms with E-state index in [2.05, 4.69) is 10.3 Å². The van der Waals surface area contributed by atoms with Gasteiger partial charge in [0.05, 0.1) is 19.2 Å². The average Bonchev–Trinajstić information content (AvgIpc) is 3.33. The molecule has 0 unspecified atom stereocenters.